The lowest BCUT2D eigenvalue weighted by atomic mass is 10.0. The van der Waals surface area contributed by atoms with Gasteiger partial charge < -0.3 is 18.3 Å². The molecule has 0 spiro atoms. The van der Waals surface area contributed by atoms with Crippen molar-refractivity contribution in [2.45, 2.75) is 58.8 Å². The first-order valence-electron chi connectivity index (χ1n) is 11.1. The van der Waals surface area contributed by atoms with E-state index in [2.05, 4.69) is 6.92 Å². The fourth-order valence-corrected chi connectivity index (χ4v) is 4.37. The Kier molecular flexibility index (Phi) is 10.9. The zero-order chi connectivity index (χ0) is 23.2. The van der Waals surface area contributed by atoms with Gasteiger partial charge in [0.1, 0.15) is 17.3 Å². The minimum atomic E-state index is -4.17. The van der Waals surface area contributed by atoms with Gasteiger partial charge in [0.15, 0.2) is 0 Å². The summed E-state index contributed by atoms with van der Waals surface area (Å²) in [5.41, 5.74) is 0.374. The molecule has 0 bridgehead atoms. The third kappa shape index (κ3) is 8.43. The van der Waals surface area contributed by atoms with Gasteiger partial charge in [0, 0.05) is 6.42 Å². The Morgan fingerprint density at radius 1 is 0.781 bits per heavy atom. The molecule has 0 amide bonds. The molecule has 2 aromatic carbocycles. The standard InChI is InChI=1S/C25H33O6P/c1-4-6-10-20-24(23(19-7-5-2)25(26)28-3)31-32(27,29-21-15-11-8-12-16-21)30-22-17-13-9-14-18-22/h8-9,11-18H,4-7,10,19-20H2,1-3H3/b24-23-. The lowest BCUT2D eigenvalue weighted by molar-refractivity contribution is -0.136. The van der Waals surface area contributed by atoms with Crippen LogP contribution in [0.3, 0.4) is 0 Å². The third-order valence-electron chi connectivity index (χ3n) is 4.70. The Morgan fingerprint density at radius 2 is 1.31 bits per heavy atom. The number of phosphoric ester groups is 1. The summed E-state index contributed by atoms with van der Waals surface area (Å²) in [6.07, 6.45) is 5.27. The van der Waals surface area contributed by atoms with Crippen LogP contribution in [-0.2, 0) is 18.6 Å². The van der Waals surface area contributed by atoms with Gasteiger partial charge in [-0.3, -0.25) is 0 Å². The molecule has 7 heteroatoms. The van der Waals surface area contributed by atoms with E-state index in [1.54, 1.807) is 48.5 Å². The molecule has 32 heavy (non-hydrogen) atoms. The van der Waals surface area contributed by atoms with Crippen molar-refractivity contribution in [1.82, 2.24) is 0 Å². The number of allylic oxidation sites excluding steroid dienone is 1. The van der Waals surface area contributed by atoms with Crippen LogP contribution in [0.25, 0.3) is 0 Å². The van der Waals surface area contributed by atoms with Crippen molar-refractivity contribution >= 4 is 13.8 Å². The van der Waals surface area contributed by atoms with E-state index >= 15 is 0 Å². The summed E-state index contributed by atoms with van der Waals surface area (Å²) in [5.74, 6) is 0.491. The zero-order valence-corrected chi connectivity index (χ0v) is 20.0. The van der Waals surface area contributed by atoms with Crippen molar-refractivity contribution in [2.75, 3.05) is 7.11 Å². The van der Waals surface area contributed by atoms with Gasteiger partial charge in [-0.15, -0.1) is 0 Å². The molecule has 0 unspecified atom stereocenters. The van der Waals surface area contributed by atoms with Crippen molar-refractivity contribution in [3.8, 4) is 11.5 Å². The topological polar surface area (TPSA) is 71.1 Å². The van der Waals surface area contributed by atoms with Crippen LogP contribution in [0.2, 0.25) is 0 Å². The Morgan fingerprint density at radius 3 is 1.78 bits per heavy atom. The number of hydrogen-bond donors (Lipinski definition) is 0. The fraction of sp³-hybridized carbons (Fsp3) is 0.400. The SMILES string of the molecule is CCCCC/C(OP(=O)(Oc1ccccc1)Oc1ccccc1)=C(\CCCC)C(=O)OC. The molecule has 0 N–H and O–H groups in total. The van der Waals surface area contributed by atoms with Crippen LogP contribution in [0.1, 0.15) is 58.8 Å². The van der Waals surface area contributed by atoms with Crippen LogP contribution < -0.4 is 9.05 Å². The van der Waals surface area contributed by atoms with E-state index < -0.39 is 13.8 Å². The number of rotatable bonds is 14. The number of methoxy groups -OCH3 is 1. The Hall–Kier alpha value is -2.72. The van der Waals surface area contributed by atoms with E-state index in [1.807, 2.05) is 19.1 Å². The summed E-state index contributed by atoms with van der Waals surface area (Å²) in [4.78, 5) is 12.6. The molecule has 0 aliphatic heterocycles. The van der Waals surface area contributed by atoms with E-state index in [-0.39, 0.29) is 0 Å². The summed E-state index contributed by atoms with van der Waals surface area (Å²) in [7, 11) is -2.84. The van der Waals surface area contributed by atoms with Crippen molar-refractivity contribution < 1.29 is 27.7 Å². The van der Waals surface area contributed by atoms with E-state index in [4.69, 9.17) is 18.3 Å². The first-order valence-corrected chi connectivity index (χ1v) is 12.6. The van der Waals surface area contributed by atoms with Gasteiger partial charge in [-0.2, -0.15) is 4.57 Å². The Balaban J connectivity index is 2.45. The van der Waals surface area contributed by atoms with Gasteiger partial charge in [-0.1, -0.05) is 69.5 Å². The molecule has 0 heterocycles. The number of phosphoric acid groups is 1. The van der Waals surface area contributed by atoms with Crippen molar-refractivity contribution in [1.29, 1.82) is 0 Å². The second-order valence-corrected chi connectivity index (χ2v) is 8.74. The molecular formula is C25H33O6P. The molecule has 0 saturated carbocycles. The highest BCUT2D eigenvalue weighted by molar-refractivity contribution is 7.49. The zero-order valence-electron chi connectivity index (χ0n) is 19.1. The van der Waals surface area contributed by atoms with Crippen molar-refractivity contribution in [2.24, 2.45) is 0 Å². The second-order valence-electron chi connectivity index (χ2n) is 7.30. The number of hydrogen-bond acceptors (Lipinski definition) is 6. The Bertz CT molecular complexity index is 850. The molecular weight excluding hydrogens is 427 g/mol. The molecule has 0 saturated heterocycles. The van der Waals surface area contributed by atoms with Crippen LogP contribution >= 0.6 is 7.82 Å². The number of esters is 1. The van der Waals surface area contributed by atoms with Gasteiger partial charge in [-0.25, -0.2) is 4.79 Å². The molecule has 0 aliphatic rings. The van der Waals surface area contributed by atoms with Gasteiger partial charge >= 0.3 is 13.8 Å². The minimum Gasteiger partial charge on any atom is -0.466 e. The van der Waals surface area contributed by atoms with Crippen LogP contribution in [0.5, 0.6) is 11.5 Å². The average Bonchev–Trinajstić information content (AvgIpc) is 2.80. The maximum Gasteiger partial charge on any atom is 0.646 e. The fourth-order valence-electron chi connectivity index (χ4n) is 3.03. The van der Waals surface area contributed by atoms with Gasteiger partial charge in [0.25, 0.3) is 0 Å². The summed E-state index contributed by atoms with van der Waals surface area (Å²) in [6.45, 7) is 4.12. The van der Waals surface area contributed by atoms with Crippen LogP contribution in [0, 0.1) is 0 Å². The predicted octanol–water partition coefficient (Wildman–Crippen LogP) is 7.47. The number of carbonyl (C=O) groups excluding carboxylic acids is 1. The highest BCUT2D eigenvalue weighted by Gasteiger charge is 2.35. The monoisotopic (exact) mass is 460 g/mol. The normalized spacial score (nSPS) is 12.0. The van der Waals surface area contributed by atoms with E-state index in [0.29, 0.717) is 35.7 Å². The number of ether oxygens (including phenoxy) is 1. The maximum atomic E-state index is 13.8. The average molecular weight is 461 g/mol. The highest BCUT2D eigenvalue weighted by atomic mass is 31.2. The summed E-state index contributed by atoms with van der Waals surface area (Å²) >= 11 is 0. The summed E-state index contributed by atoms with van der Waals surface area (Å²) in [5, 5.41) is 0. The first kappa shape index (κ1) is 25.5. The number of para-hydroxylation sites is 2. The number of benzene rings is 2. The van der Waals surface area contributed by atoms with E-state index in [1.165, 1.54) is 7.11 Å². The molecule has 0 fully saturated rings. The van der Waals surface area contributed by atoms with Gasteiger partial charge in [0.2, 0.25) is 0 Å². The van der Waals surface area contributed by atoms with Crippen LogP contribution in [0.15, 0.2) is 72.0 Å². The second kappa shape index (κ2) is 13.6. The highest BCUT2D eigenvalue weighted by Crippen LogP contribution is 2.52. The van der Waals surface area contributed by atoms with Crippen molar-refractivity contribution in [3.63, 3.8) is 0 Å². The molecule has 0 atom stereocenters. The molecule has 0 aromatic heterocycles. The molecule has 6 nitrogen and oxygen atoms in total. The lowest BCUT2D eigenvalue weighted by Crippen LogP contribution is -2.12. The molecule has 174 valence electrons. The third-order valence-corrected chi connectivity index (χ3v) is 6.01. The number of carbonyl (C=O) groups is 1. The summed E-state index contributed by atoms with van der Waals surface area (Å²) < 4.78 is 36.3. The minimum absolute atomic E-state index is 0.300. The smallest absolute Gasteiger partial charge is 0.466 e. The van der Waals surface area contributed by atoms with E-state index in [0.717, 1.165) is 32.1 Å². The van der Waals surface area contributed by atoms with Gasteiger partial charge in [0.05, 0.1) is 12.7 Å². The summed E-state index contributed by atoms with van der Waals surface area (Å²) in [6, 6.07) is 17.4. The maximum absolute atomic E-state index is 13.8. The number of unbranched alkanes of at least 4 members (excludes halogenated alkanes) is 3. The van der Waals surface area contributed by atoms with Crippen LogP contribution in [0.4, 0.5) is 0 Å². The molecule has 2 aromatic rings. The molecule has 2 rings (SSSR count). The Labute approximate surface area is 191 Å². The molecule has 0 radical (unpaired) electrons. The van der Waals surface area contributed by atoms with Gasteiger partial charge in [-0.05, 0) is 43.5 Å². The van der Waals surface area contributed by atoms with E-state index in [9.17, 15) is 9.36 Å². The molecule has 0 aliphatic carbocycles. The lowest BCUT2D eigenvalue weighted by Gasteiger charge is -2.22. The van der Waals surface area contributed by atoms with Crippen LogP contribution in [-0.4, -0.2) is 13.1 Å². The largest absolute Gasteiger partial charge is 0.646 e. The first-order chi connectivity index (χ1) is 15.5. The predicted molar refractivity (Wildman–Crippen MR) is 126 cm³/mol. The quantitative estimate of drug-likeness (QED) is 0.0957. The van der Waals surface area contributed by atoms with Crippen molar-refractivity contribution in [3.05, 3.63) is 72.0 Å².